The van der Waals surface area contributed by atoms with Gasteiger partial charge < -0.3 is 14.4 Å². The van der Waals surface area contributed by atoms with Crippen molar-refractivity contribution in [1.82, 2.24) is 4.90 Å². The molecule has 1 saturated carbocycles. The molecule has 21 heavy (non-hydrogen) atoms. The molecule has 1 atom stereocenters. The summed E-state index contributed by atoms with van der Waals surface area (Å²) in [5, 5.41) is 9.68. The van der Waals surface area contributed by atoms with Crippen molar-refractivity contribution < 1.29 is 14.3 Å². The van der Waals surface area contributed by atoms with Crippen LogP contribution in [0.5, 0.6) is 0 Å². The zero-order valence-corrected chi connectivity index (χ0v) is 13.4. The van der Waals surface area contributed by atoms with Gasteiger partial charge in [0, 0.05) is 13.1 Å². The van der Waals surface area contributed by atoms with Crippen LogP contribution < -0.4 is 0 Å². The molecule has 1 aliphatic carbocycles. The number of rotatable bonds is 3. The van der Waals surface area contributed by atoms with Gasteiger partial charge in [-0.1, -0.05) is 0 Å². The fourth-order valence-electron chi connectivity index (χ4n) is 2.63. The molecule has 1 aliphatic heterocycles. The average Bonchev–Trinajstić information content (AvgIpc) is 3.12. The van der Waals surface area contributed by atoms with Gasteiger partial charge in [-0.25, -0.2) is 4.79 Å². The highest BCUT2D eigenvalue weighted by atomic mass is 16.6. The predicted molar refractivity (Wildman–Crippen MR) is 78.4 cm³/mol. The largest absolute Gasteiger partial charge is 0.496 e. The number of carbonyl (C=O) groups is 1. The monoisotopic (exact) mass is 292 g/mol. The quantitative estimate of drug-likeness (QED) is 0.749. The zero-order valence-electron chi connectivity index (χ0n) is 13.4. The third kappa shape index (κ3) is 3.49. The highest BCUT2D eigenvalue weighted by Crippen LogP contribution is 2.45. The van der Waals surface area contributed by atoms with Crippen LogP contribution in [0.25, 0.3) is 0 Å². The minimum atomic E-state index is -0.696. The fourth-order valence-corrected chi connectivity index (χ4v) is 2.63. The number of hydrogen-bond acceptors (Lipinski definition) is 4. The first-order valence-corrected chi connectivity index (χ1v) is 7.56. The maximum absolute atomic E-state index is 12.2. The molecule has 116 valence electrons. The lowest BCUT2D eigenvalue weighted by molar-refractivity contribution is 0.0277. The molecule has 1 amide bonds. The third-order valence-corrected chi connectivity index (χ3v) is 3.68. The predicted octanol–water partition coefficient (Wildman–Crippen LogP) is 3.22. The second kappa shape index (κ2) is 5.59. The standard InChI is InChI=1S/C16H24N2O3/c1-5-20-13(12-6-7-12)16(10-17)8-9-18(11-16)14(19)21-15(2,3)4/h5-9,11H2,1-4H3. The van der Waals surface area contributed by atoms with Gasteiger partial charge in [-0.2, -0.15) is 5.26 Å². The van der Waals surface area contributed by atoms with Gasteiger partial charge in [0.1, 0.15) is 16.8 Å². The molecule has 0 radical (unpaired) electrons. The van der Waals surface area contributed by atoms with Gasteiger partial charge in [0.25, 0.3) is 0 Å². The van der Waals surface area contributed by atoms with Crippen LogP contribution in [-0.2, 0) is 9.47 Å². The average molecular weight is 292 g/mol. The summed E-state index contributed by atoms with van der Waals surface area (Å²) in [5.74, 6) is 0.804. The van der Waals surface area contributed by atoms with Gasteiger partial charge in [-0.15, -0.1) is 0 Å². The molecule has 0 N–H and O–H groups in total. The van der Waals surface area contributed by atoms with E-state index in [1.54, 1.807) is 4.90 Å². The number of hydrogen-bond donors (Lipinski definition) is 0. The van der Waals surface area contributed by atoms with Crippen molar-refractivity contribution in [1.29, 1.82) is 5.26 Å². The Bertz CT molecular complexity index is 493. The molecule has 0 bridgehead atoms. The van der Waals surface area contributed by atoms with Crippen LogP contribution in [0.3, 0.4) is 0 Å². The van der Waals surface area contributed by atoms with Crippen molar-refractivity contribution in [3.8, 4) is 6.07 Å². The van der Waals surface area contributed by atoms with Crippen molar-refractivity contribution in [2.45, 2.75) is 52.6 Å². The van der Waals surface area contributed by atoms with Gasteiger partial charge in [0.2, 0.25) is 0 Å². The fraction of sp³-hybridized carbons (Fsp3) is 0.750. The normalized spacial score (nSPS) is 24.5. The van der Waals surface area contributed by atoms with Crippen molar-refractivity contribution in [2.24, 2.45) is 5.41 Å². The summed E-state index contributed by atoms with van der Waals surface area (Å²) in [7, 11) is 0. The van der Waals surface area contributed by atoms with Gasteiger partial charge in [-0.05, 0) is 52.5 Å². The Balaban J connectivity index is 2.13. The van der Waals surface area contributed by atoms with E-state index in [9.17, 15) is 10.1 Å². The lowest BCUT2D eigenvalue weighted by atomic mass is 9.86. The van der Waals surface area contributed by atoms with Crippen LogP contribution in [0.4, 0.5) is 4.79 Å². The Morgan fingerprint density at radius 1 is 1.43 bits per heavy atom. The molecule has 0 aromatic rings. The second-order valence-corrected chi connectivity index (χ2v) is 6.71. The number of carbonyl (C=O) groups excluding carboxylic acids is 1. The van der Waals surface area contributed by atoms with Crippen LogP contribution in [0, 0.1) is 16.7 Å². The number of nitrogens with zero attached hydrogens (tertiary/aromatic N) is 2. The minimum Gasteiger partial charge on any atom is -0.496 e. The Labute approximate surface area is 126 Å². The van der Waals surface area contributed by atoms with E-state index < -0.39 is 11.0 Å². The molecule has 1 heterocycles. The second-order valence-electron chi connectivity index (χ2n) is 6.71. The number of nitriles is 1. The molecular formula is C16H24N2O3. The number of ether oxygens (including phenoxy) is 2. The first-order chi connectivity index (χ1) is 9.81. The Morgan fingerprint density at radius 3 is 2.57 bits per heavy atom. The lowest BCUT2D eigenvalue weighted by Gasteiger charge is -2.27. The van der Waals surface area contributed by atoms with Crippen LogP contribution in [0.1, 0.15) is 47.0 Å². The molecule has 0 spiro atoms. The van der Waals surface area contributed by atoms with Gasteiger partial charge >= 0.3 is 6.09 Å². The smallest absolute Gasteiger partial charge is 0.410 e. The summed E-state index contributed by atoms with van der Waals surface area (Å²) in [6, 6.07) is 2.40. The first kappa shape index (κ1) is 15.7. The summed E-state index contributed by atoms with van der Waals surface area (Å²) >= 11 is 0. The minimum absolute atomic E-state index is 0.351. The number of amides is 1. The van der Waals surface area contributed by atoms with Gasteiger partial charge in [-0.3, -0.25) is 0 Å². The molecule has 2 fully saturated rings. The maximum Gasteiger partial charge on any atom is 0.410 e. The third-order valence-electron chi connectivity index (χ3n) is 3.68. The van der Waals surface area contributed by atoms with E-state index in [2.05, 4.69) is 6.07 Å². The summed E-state index contributed by atoms with van der Waals surface area (Å²) < 4.78 is 11.1. The van der Waals surface area contributed by atoms with E-state index in [-0.39, 0.29) is 6.09 Å². The van der Waals surface area contributed by atoms with Crippen LogP contribution in [0.2, 0.25) is 0 Å². The molecule has 5 nitrogen and oxygen atoms in total. The maximum atomic E-state index is 12.2. The van der Waals surface area contributed by atoms with Gasteiger partial charge in [0.15, 0.2) is 0 Å². The van der Waals surface area contributed by atoms with Gasteiger partial charge in [0.05, 0.1) is 12.7 Å². The summed E-state index contributed by atoms with van der Waals surface area (Å²) in [6.07, 6.45) is 2.27. The topological polar surface area (TPSA) is 62.6 Å². The Kier molecular flexibility index (Phi) is 4.18. The molecular weight excluding hydrogens is 268 g/mol. The van der Waals surface area contributed by atoms with Crippen LogP contribution in [-0.4, -0.2) is 36.3 Å². The van der Waals surface area contributed by atoms with Crippen molar-refractivity contribution >= 4 is 6.09 Å². The Morgan fingerprint density at radius 2 is 2.10 bits per heavy atom. The number of allylic oxidation sites excluding steroid dienone is 1. The van der Waals surface area contributed by atoms with E-state index in [1.807, 2.05) is 27.7 Å². The molecule has 0 aromatic carbocycles. The van der Waals surface area contributed by atoms with E-state index in [0.29, 0.717) is 26.1 Å². The molecule has 2 aliphatic rings. The number of likely N-dealkylation sites (tertiary alicyclic amines) is 1. The van der Waals surface area contributed by atoms with Crippen molar-refractivity contribution in [2.75, 3.05) is 19.7 Å². The summed E-state index contributed by atoms with van der Waals surface area (Å²) in [4.78, 5) is 13.8. The molecule has 1 unspecified atom stereocenters. The van der Waals surface area contributed by atoms with Crippen molar-refractivity contribution in [3.63, 3.8) is 0 Å². The lowest BCUT2D eigenvalue weighted by Crippen LogP contribution is -2.37. The first-order valence-electron chi connectivity index (χ1n) is 7.56. The molecule has 2 rings (SSSR count). The van der Waals surface area contributed by atoms with Crippen LogP contribution >= 0.6 is 0 Å². The van der Waals surface area contributed by atoms with Crippen molar-refractivity contribution in [3.05, 3.63) is 11.3 Å². The van der Waals surface area contributed by atoms with Crippen LogP contribution in [0.15, 0.2) is 11.3 Å². The summed E-state index contributed by atoms with van der Waals surface area (Å²) in [5.41, 5.74) is 0.00950. The van der Waals surface area contributed by atoms with E-state index >= 15 is 0 Å². The molecule has 0 aromatic heterocycles. The van der Waals surface area contributed by atoms with E-state index in [1.165, 1.54) is 5.57 Å². The highest BCUT2D eigenvalue weighted by Gasteiger charge is 2.48. The van der Waals surface area contributed by atoms with E-state index in [4.69, 9.17) is 9.47 Å². The molecule has 1 saturated heterocycles. The highest BCUT2D eigenvalue weighted by molar-refractivity contribution is 5.69. The zero-order chi connectivity index (χ0) is 15.7. The SMILES string of the molecule is CCOC(=C1CC1)C1(C#N)CCN(C(=O)OC(C)(C)C)C1. The van der Waals surface area contributed by atoms with E-state index in [0.717, 1.165) is 18.6 Å². The Hall–Kier alpha value is -1.70. The molecule has 5 heteroatoms. The summed E-state index contributed by atoms with van der Waals surface area (Å²) in [6.45, 7) is 8.90.